The SMILES string of the molecule is O=C(Nc1cnn(Cc2ccc(F)cc2)c1)N1CCOC(COc2ccccc2Cl)C1. The van der Waals surface area contributed by atoms with Crippen molar-refractivity contribution in [1.29, 1.82) is 0 Å². The number of anilines is 1. The van der Waals surface area contributed by atoms with E-state index in [4.69, 9.17) is 21.1 Å². The summed E-state index contributed by atoms with van der Waals surface area (Å²) >= 11 is 6.11. The highest BCUT2D eigenvalue weighted by atomic mass is 35.5. The minimum atomic E-state index is -0.279. The first kappa shape index (κ1) is 21.1. The summed E-state index contributed by atoms with van der Waals surface area (Å²) in [6.07, 6.45) is 3.07. The largest absolute Gasteiger partial charge is 0.489 e. The van der Waals surface area contributed by atoms with Gasteiger partial charge >= 0.3 is 6.03 Å². The number of carbonyl (C=O) groups excluding carboxylic acids is 1. The maximum atomic E-state index is 13.0. The van der Waals surface area contributed by atoms with Crippen LogP contribution in [0.3, 0.4) is 0 Å². The van der Waals surface area contributed by atoms with Crippen molar-refractivity contribution in [2.24, 2.45) is 0 Å². The maximum absolute atomic E-state index is 13.0. The van der Waals surface area contributed by atoms with Gasteiger partial charge in [-0.25, -0.2) is 9.18 Å². The quantitative estimate of drug-likeness (QED) is 0.623. The predicted octanol–water partition coefficient (Wildman–Crippen LogP) is 4.04. The molecule has 1 atom stereocenters. The number of para-hydroxylation sites is 1. The van der Waals surface area contributed by atoms with Crippen LogP contribution in [0.4, 0.5) is 14.9 Å². The molecule has 0 spiro atoms. The van der Waals surface area contributed by atoms with Gasteiger partial charge in [0.05, 0.1) is 36.6 Å². The molecule has 1 aliphatic heterocycles. The average molecular weight is 445 g/mol. The fraction of sp³-hybridized carbons (Fsp3) is 0.273. The fourth-order valence-corrected chi connectivity index (χ4v) is 3.43. The molecule has 3 aromatic rings. The number of urea groups is 1. The Morgan fingerprint density at radius 2 is 2.06 bits per heavy atom. The van der Waals surface area contributed by atoms with Crippen molar-refractivity contribution in [2.45, 2.75) is 12.6 Å². The molecular weight excluding hydrogens is 423 g/mol. The number of nitrogens with one attached hydrogen (secondary N) is 1. The normalized spacial score (nSPS) is 16.2. The highest BCUT2D eigenvalue weighted by molar-refractivity contribution is 6.32. The molecule has 162 valence electrons. The van der Waals surface area contributed by atoms with E-state index in [9.17, 15) is 9.18 Å². The smallest absolute Gasteiger partial charge is 0.322 e. The summed E-state index contributed by atoms with van der Waals surface area (Å²) in [7, 11) is 0. The molecule has 9 heteroatoms. The van der Waals surface area contributed by atoms with Crippen molar-refractivity contribution in [1.82, 2.24) is 14.7 Å². The lowest BCUT2D eigenvalue weighted by molar-refractivity contribution is -0.0336. The predicted molar refractivity (Wildman–Crippen MR) is 115 cm³/mol. The summed E-state index contributed by atoms with van der Waals surface area (Å²) in [5.41, 5.74) is 1.50. The molecule has 1 aliphatic rings. The Hall–Kier alpha value is -3.10. The Kier molecular flexibility index (Phi) is 6.69. The van der Waals surface area contributed by atoms with Gasteiger partial charge in [0.25, 0.3) is 0 Å². The zero-order chi connectivity index (χ0) is 21.6. The van der Waals surface area contributed by atoms with E-state index in [1.165, 1.54) is 12.1 Å². The molecular formula is C22H22ClFN4O3. The number of aromatic nitrogens is 2. The van der Waals surface area contributed by atoms with Gasteiger partial charge in [-0.1, -0.05) is 35.9 Å². The number of benzene rings is 2. The Labute approximate surface area is 184 Å². The number of ether oxygens (including phenoxy) is 2. The third-order valence-electron chi connectivity index (χ3n) is 4.83. The molecule has 2 heterocycles. The second-order valence-electron chi connectivity index (χ2n) is 7.16. The van der Waals surface area contributed by atoms with Crippen LogP contribution in [0.15, 0.2) is 60.9 Å². The van der Waals surface area contributed by atoms with Crippen molar-refractivity contribution in [3.63, 3.8) is 0 Å². The Morgan fingerprint density at radius 1 is 1.26 bits per heavy atom. The molecule has 2 amide bonds. The minimum absolute atomic E-state index is 0.229. The van der Waals surface area contributed by atoms with Gasteiger partial charge in [0.2, 0.25) is 0 Å². The van der Waals surface area contributed by atoms with Crippen LogP contribution >= 0.6 is 11.6 Å². The molecule has 4 rings (SSSR count). The van der Waals surface area contributed by atoms with E-state index in [0.717, 1.165) is 5.56 Å². The van der Waals surface area contributed by atoms with E-state index in [0.29, 0.717) is 49.3 Å². The molecule has 0 aliphatic carbocycles. The molecule has 1 fully saturated rings. The second kappa shape index (κ2) is 9.80. The highest BCUT2D eigenvalue weighted by Gasteiger charge is 2.25. The lowest BCUT2D eigenvalue weighted by Gasteiger charge is -2.32. The van der Waals surface area contributed by atoms with Crippen molar-refractivity contribution in [3.8, 4) is 5.75 Å². The van der Waals surface area contributed by atoms with Gasteiger partial charge in [-0.3, -0.25) is 4.68 Å². The summed E-state index contributed by atoms with van der Waals surface area (Å²) < 4.78 is 26.2. The first-order valence-corrected chi connectivity index (χ1v) is 10.3. The van der Waals surface area contributed by atoms with Crippen LogP contribution in [0.5, 0.6) is 5.75 Å². The van der Waals surface area contributed by atoms with Gasteiger partial charge < -0.3 is 19.7 Å². The summed E-state index contributed by atoms with van der Waals surface area (Å²) in [6, 6.07) is 13.2. The van der Waals surface area contributed by atoms with E-state index in [2.05, 4.69) is 10.4 Å². The first-order chi connectivity index (χ1) is 15.1. The minimum Gasteiger partial charge on any atom is -0.489 e. The molecule has 31 heavy (non-hydrogen) atoms. The number of hydrogen-bond acceptors (Lipinski definition) is 4. The summed E-state index contributed by atoms with van der Waals surface area (Å²) in [5, 5.41) is 7.64. The third-order valence-corrected chi connectivity index (χ3v) is 5.14. The Bertz CT molecular complexity index is 1030. The molecule has 0 saturated carbocycles. The Morgan fingerprint density at radius 3 is 2.87 bits per heavy atom. The van der Waals surface area contributed by atoms with E-state index < -0.39 is 0 Å². The number of carbonyl (C=O) groups is 1. The zero-order valence-electron chi connectivity index (χ0n) is 16.7. The van der Waals surface area contributed by atoms with Gasteiger partial charge in [0, 0.05) is 12.7 Å². The Balaban J connectivity index is 1.28. The molecule has 2 aromatic carbocycles. The molecule has 1 aromatic heterocycles. The van der Waals surface area contributed by atoms with Gasteiger partial charge in [-0.15, -0.1) is 0 Å². The van der Waals surface area contributed by atoms with Crippen LogP contribution in [0.2, 0.25) is 5.02 Å². The lowest BCUT2D eigenvalue weighted by atomic mass is 10.2. The van der Waals surface area contributed by atoms with Crippen molar-refractivity contribution >= 4 is 23.3 Å². The van der Waals surface area contributed by atoms with E-state index in [-0.39, 0.29) is 18.0 Å². The molecule has 0 bridgehead atoms. The molecule has 7 nitrogen and oxygen atoms in total. The number of halogens is 2. The maximum Gasteiger partial charge on any atom is 0.322 e. The van der Waals surface area contributed by atoms with Crippen LogP contribution < -0.4 is 10.1 Å². The number of amides is 2. The highest BCUT2D eigenvalue weighted by Crippen LogP contribution is 2.23. The fourth-order valence-electron chi connectivity index (χ4n) is 3.24. The van der Waals surface area contributed by atoms with Gasteiger partial charge in [0.15, 0.2) is 0 Å². The standard InChI is InChI=1S/C22H22ClFN4O3/c23-20-3-1-2-4-21(20)31-15-19-14-27(9-10-30-19)22(29)26-18-11-25-28(13-18)12-16-5-7-17(24)8-6-16/h1-8,11,13,19H,9-10,12,14-15H2,(H,26,29). The number of rotatable bonds is 6. The van der Waals surface area contributed by atoms with Gasteiger partial charge in [-0.2, -0.15) is 5.10 Å². The van der Waals surface area contributed by atoms with Gasteiger partial charge in [0.1, 0.15) is 24.3 Å². The summed E-state index contributed by atoms with van der Waals surface area (Å²) in [5.74, 6) is 0.307. The molecule has 0 radical (unpaired) electrons. The number of nitrogens with zero attached hydrogens (tertiary/aromatic N) is 3. The van der Waals surface area contributed by atoms with E-state index >= 15 is 0 Å². The van der Waals surface area contributed by atoms with Crippen molar-refractivity contribution in [2.75, 3.05) is 31.6 Å². The third kappa shape index (κ3) is 5.74. The molecule has 1 N–H and O–H groups in total. The second-order valence-corrected chi connectivity index (χ2v) is 7.57. The van der Waals surface area contributed by atoms with Crippen LogP contribution in [-0.4, -0.2) is 53.1 Å². The molecule has 1 unspecified atom stereocenters. The zero-order valence-corrected chi connectivity index (χ0v) is 17.5. The summed E-state index contributed by atoms with van der Waals surface area (Å²) in [6.45, 7) is 2.09. The first-order valence-electron chi connectivity index (χ1n) is 9.88. The van der Waals surface area contributed by atoms with Crippen LogP contribution in [0, 0.1) is 5.82 Å². The number of morpholine rings is 1. The lowest BCUT2D eigenvalue weighted by Crippen LogP contribution is -2.49. The number of hydrogen-bond donors (Lipinski definition) is 1. The summed E-state index contributed by atoms with van der Waals surface area (Å²) in [4.78, 5) is 14.3. The van der Waals surface area contributed by atoms with Gasteiger partial charge in [-0.05, 0) is 29.8 Å². The van der Waals surface area contributed by atoms with E-state index in [1.54, 1.807) is 46.2 Å². The van der Waals surface area contributed by atoms with Crippen molar-refractivity contribution < 1.29 is 18.7 Å². The van der Waals surface area contributed by atoms with Crippen molar-refractivity contribution in [3.05, 3.63) is 77.3 Å². The van der Waals surface area contributed by atoms with E-state index in [1.807, 2.05) is 12.1 Å². The topological polar surface area (TPSA) is 68.6 Å². The molecule has 1 saturated heterocycles. The van der Waals surface area contributed by atoms with Crippen LogP contribution in [0.1, 0.15) is 5.56 Å². The van der Waals surface area contributed by atoms with Crippen LogP contribution in [0.25, 0.3) is 0 Å². The van der Waals surface area contributed by atoms with Crippen LogP contribution in [-0.2, 0) is 11.3 Å². The monoisotopic (exact) mass is 444 g/mol. The average Bonchev–Trinajstić information content (AvgIpc) is 3.21.